The molecule has 1 N–H and O–H groups in total. The first kappa shape index (κ1) is 25.9. The van der Waals surface area contributed by atoms with E-state index in [1.54, 1.807) is 31.2 Å². The summed E-state index contributed by atoms with van der Waals surface area (Å²) in [7, 11) is -3.74. The lowest BCUT2D eigenvalue weighted by molar-refractivity contribution is -0.139. The molecule has 0 aliphatic rings. The summed E-state index contributed by atoms with van der Waals surface area (Å²) in [6.45, 7) is 7.04. The van der Waals surface area contributed by atoms with Gasteiger partial charge < -0.3 is 10.2 Å². The van der Waals surface area contributed by atoms with Crippen LogP contribution in [0.3, 0.4) is 0 Å². The van der Waals surface area contributed by atoms with Crippen LogP contribution in [0.5, 0.6) is 0 Å². The first-order valence-electron chi connectivity index (χ1n) is 10.3. The van der Waals surface area contributed by atoms with Gasteiger partial charge in [-0.25, -0.2) is 8.42 Å². The summed E-state index contributed by atoms with van der Waals surface area (Å²) in [6.07, 6.45) is 1.06. The summed E-state index contributed by atoms with van der Waals surface area (Å²) >= 11 is 3.34. The van der Waals surface area contributed by atoms with Crippen LogP contribution in [0.4, 0.5) is 5.69 Å². The Morgan fingerprint density at radius 2 is 1.72 bits per heavy atom. The van der Waals surface area contributed by atoms with Crippen LogP contribution in [0.2, 0.25) is 0 Å². The van der Waals surface area contributed by atoms with Gasteiger partial charge in [-0.15, -0.1) is 0 Å². The molecule has 174 valence electrons. The van der Waals surface area contributed by atoms with E-state index >= 15 is 0 Å². The number of carbonyl (C=O) groups excluding carboxylic acids is 2. The standard InChI is InChI=1S/C23H30BrN3O4S/c1-16(2)25-23(29)18(4)26(14-19-10-7-6-9-17(19)3)22(28)15-27(32(5,30)31)21-12-8-11-20(24)13-21/h6-13,16,18H,14-15H2,1-5H3,(H,25,29)/t18-/m1/s1. The second-order valence-corrected chi connectivity index (χ2v) is 10.9. The van der Waals surface area contributed by atoms with Gasteiger partial charge in [-0.05, 0) is 57.0 Å². The Labute approximate surface area is 199 Å². The molecule has 0 aromatic heterocycles. The minimum absolute atomic E-state index is 0.0884. The minimum atomic E-state index is -3.74. The maximum atomic E-state index is 13.4. The fourth-order valence-corrected chi connectivity index (χ4v) is 4.43. The molecule has 0 unspecified atom stereocenters. The Kier molecular flexibility index (Phi) is 8.86. The lowest BCUT2D eigenvalue weighted by Crippen LogP contribution is -2.52. The van der Waals surface area contributed by atoms with Gasteiger partial charge in [0.15, 0.2) is 0 Å². The van der Waals surface area contributed by atoms with E-state index in [9.17, 15) is 18.0 Å². The van der Waals surface area contributed by atoms with Crippen LogP contribution < -0.4 is 9.62 Å². The second-order valence-electron chi connectivity index (χ2n) is 8.04. The van der Waals surface area contributed by atoms with Crippen molar-refractivity contribution >= 4 is 43.5 Å². The van der Waals surface area contributed by atoms with Gasteiger partial charge in [-0.1, -0.05) is 46.3 Å². The number of amides is 2. The smallest absolute Gasteiger partial charge is 0.244 e. The molecular formula is C23H30BrN3O4S. The zero-order valence-electron chi connectivity index (χ0n) is 19.0. The van der Waals surface area contributed by atoms with Gasteiger partial charge in [0.25, 0.3) is 0 Å². The Morgan fingerprint density at radius 1 is 1.06 bits per heavy atom. The molecule has 0 bridgehead atoms. The molecular weight excluding hydrogens is 494 g/mol. The van der Waals surface area contributed by atoms with Crippen LogP contribution in [-0.2, 0) is 26.2 Å². The van der Waals surface area contributed by atoms with Crippen LogP contribution >= 0.6 is 15.9 Å². The third-order valence-electron chi connectivity index (χ3n) is 4.98. The van der Waals surface area contributed by atoms with E-state index in [1.165, 1.54) is 4.90 Å². The van der Waals surface area contributed by atoms with Crippen molar-refractivity contribution in [3.63, 3.8) is 0 Å². The van der Waals surface area contributed by atoms with Crippen LogP contribution in [0.25, 0.3) is 0 Å². The highest BCUT2D eigenvalue weighted by Crippen LogP contribution is 2.23. The van der Waals surface area contributed by atoms with Crippen LogP contribution in [0.1, 0.15) is 31.9 Å². The second kappa shape index (κ2) is 11.0. The summed E-state index contributed by atoms with van der Waals surface area (Å²) in [5.74, 6) is -0.764. The number of nitrogens with zero attached hydrogens (tertiary/aromatic N) is 2. The SMILES string of the molecule is Cc1ccccc1CN(C(=O)CN(c1cccc(Br)c1)S(C)(=O)=O)[C@H](C)C(=O)NC(C)C. The Morgan fingerprint density at radius 3 is 2.28 bits per heavy atom. The number of sulfonamides is 1. The van der Waals surface area contributed by atoms with Crippen molar-refractivity contribution < 1.29 is 18.0 Å². The third kappa shape index (κ3) is 7.06. The van der Waals surface area contributed by atoms with Crippen molar-refractivity contribution in [2.45, 2.75) is 46.3 Å². The number of anilines is 1. The molecule has 2 amide bonds. The summed E-state index contributed by atoms with van der Waals surface area (Å²) in [6, 6.07) is 13.5. The predicted octanol–water partition coefficient (Wildman–Crippen LogP) is 3.47. The van der Waals surface area contributed by atoms with Crippen molar-refractivity contribution in [3.05, 3.63) is 64.1 Å². The van der Waals surface area contributed by atoms with Crippen LogP contribution in [0.15, 0.2) is 53.0 Å². The maximum Gasteiger partial charge on any atom is 0.244 e. The molecule has 0 radical (unpaired) electrons. The normalized spacial score (nSPS) is 12.3. The molecule has 0 fully saturated rings. The highest BCUT2D eigenvalue weighted by Gasteiger charge is 2.30. The molecule has 2 aromatic carbocycles. The fraction of sp³-hybridized carbons (Fsp3) is 0.391. The highest BCUT2D eigenvalue weighted by molar-refractivity contribution is 9.10. The van der Waals surface area contributed by atoms with E-state index in [4.69, 9.17) is 0 Å². The summed E-state index contributed by atoms with van der Waals surface area (Å²) in [4.78, 5) is 27.6. The molecule has 0 saturated carbocycles. The molecule has 0 aliphatic heterocycles. The number of halogens is 1. The molecule has 2 rings (SSSR count). The largest absolute Gasteiger partial charge is 0.352 e. The summed E-state index contributed by atoms with van der Waals surface area (Å²) in [5.41, 5.74) is 2.23. The number of benzene rings is 2. The van der Waals surface area contributed by atoms with Gasteiger partial charge in [0, 0.05) is 17.1 Å². The van der Waals surface area contributed by atoms with E-state index in [2.05, 4.69) is 21.2 Å². The number of aryl methyl sites for hydroxylation is 1. The highest BCUT2D eigenvalue weighted by atomic mass is 79.9. The Balaban J connectivity index is 2.40. The van der Waals surface area contributed by atoms with E-state index in [0.717, 1.165) is 21.7 Å². The number of hydrogen-bond donors (Lipinski definition) is 1. The number of rotatable bonds is 9. The lowest BCUT2D eigenvalue weighted by atomic mass is 10.1. The number of nitrogens with one attached hydrogen (secondary N) is 1. The van der Waals surface area contributed by atoms with Crippen molar-refractivity contribution in [3.8, 4) is 0 Å². The molecule has 9 heteroatoms. The zero-order chi connectivity index (χ0) is 24.1. The van der Waals surface area contributed by atoms with E-state index in [1.807, 2.05) is 45.0 Å². The number of carbonyl (C=O) groups is 2. The van der Waals surface area contributed by atoms with Crippen molar-refractivity contribution in [2.24, 2.45) is 0 Å². The van der Waals surface area contributed by atoms with Gasteiger partial charge >= 0.3 is 0 Å². The van der Waals surface area contributed by atoms with Gasteiger partial charge in [0.1, 0.15) is 12.6 Å². The first-order chi connectivity index (χ1) is 14.9. The fourth-order valence-electron chi connectivity index (χ4n) is 3.20. The monoisotopic (exact) mass is 523 g/mol. The molecule has 0 aliphatic carbocycles. The van der Waals surface area contributed by atoms with Crippen molar-refractivity contribution in [2.75, 3.05) is 17.1 Å². The molecule has 0 spiro atoms. The Hall–Kier alpha value is -2.39. The van der Waals surface area contributed by atoms with Gasteiger partial charge in [0.05, 0.1) is 11.9 Å². The van der Waals surface area contributed by atoms with E-state index in [0.29, 0.717) is 10.2 Å². The van der Waals surface area contributed by atoms with E-state index < -0.39 is 28.5 Å². The summed E-state index contributed by atoms with van der Waals surface area (Å²) in [5, 5.41) is 2.83. The average molecular weight is 524 g/mol. The molecule has 0 heterocycles. The minimum Gasteiger partial charge on any atom is -0.352 e. The van der Waals surface area contributed by atoms with Crippen LogP contribution in [-0.4, -0.2) is 50.0 Å². The van der Waals surface area contributed by atoms with Crippen LogP contribution in [0, 0.1) is 6.92 Å². The first-order valence-corrected chi connectivity index (χ1v) is 12.9. The molecule has 1 atom stereocenters. The lowest BCUT2D eigenvalue weighted by Gasteiger charge is -2.32. The molecule has 0 saturated heterocycles. The molecule has 7 nitrogen and oxygen atoms in total. The van der Waals surface area contributed by atoms with Crippen molar-refractivity contribution in [1.29, 1.82) is 0 Å². The molecule has 2 aromatic rings. The average Bonchev–Trinajstić information content (AvgIpc) is 2.69. The van der Waals surface area contributed by atoms with Gasteiger partial charge in [-0.2, -0.15) is 0 Å². The molecule has 32 heavy (non-hydrogen) atoms. The summed E-state index contributed by atoms with van der Waals surface area (Å²) < 4.78 is 26.8. The van der Waals surface area contributed by atoms with Crippen molar-refractivity contribution in [1.82, 2.24) is 10.2 Å². The third-order valence-corrected chi connectivity index (χ3v) is 6.61. The van der Waals surface area contributed by atoms with Gasteiger partial charge in [0.2, 0.25) is 21.8 Å². The van der Waals surface area contributed by atoms with E-state index in [-0.39, 0.29) is 18.5 Å². The quantitative estimate of drug-likeness (QED) is 0.545. The van der Waals surface area contributed by atoms with Gasteiger partial charge in [-0.3, -0.25) is 13.9 Å². The maximum absolute atomic E-state index is 13.4. The Bertz CT molecular complexity index is 1070. The number of hydrogen-bond acceptors (Lipinski definition) is 4. The topological polar surface area (TPSA) is 86.8 Å². The zero-order valence-corrected chi connectivity index (χ0v) is 21.4. The predicted molar refractivity (Wildman–Crippen MR) is 131 cm³/mol.